The molecule has 1 aliphatic heterocycles. The molecule has 1 aliphatic rings. The zero-order valence-corrected chi connectivity index (χ0v) is 12.9. The molecule has 7 heteroatoms. The summed E-state index contributed by atoms with van der Waals surface area (Å²) < 4.78 is 1.71. The number of anilines is 1. The normalized spacial score (nSPS) is 17.6. The van der Waals surface area contributed by atoms with Crippen LogP contribution in [0.15, 0.2) is 30.0 Å². The summed E-state index contributed by atoms with van der Waals surface area (Å²) >= 11 is 1.65. The van der Waals surface area contributed by atoms with Crippen LogP contribution in [0.25, 0.3) is 0 Å². The smallest absolute Gasteiger partial charge is 0.247 e. The van der Waals surface area contributed by atoms with Crippen molar-refractivity contribution in [2.75, 3.05) is 31.1 Å². The van der Waals surface area contributed by atoms with Crippen LogP contribution in [0.2, 0.25) is 0 Å². The van der Waals surface area contributed by atoms with Crippen molar-refractivity contribution < 1.29 is 4.79 Å². The topological polar surface area (TPSA) is 54.3 Å². The van der Waals surface area contributed by atoms with Crippen LogP contribution in [0.4, 0.5) is 5.13 Å². The number of carbonyl (C=O) groups is 1. The molecule has 6 nitrogen and oxygen atoms in total. The van der Waals surface area contributed by atoms with Gasteiger partial charge < -0.3 is 9.80 Å². The third-order valence-electron chi connectivity index (χ3n) is 3.78. The number of thiazole rings is 1. The van der Waals surface area contributed by atoms with Crippen molar-refractivity contribution in [1.29, 1.82) is 0 Å². The van der Waals surface area contributed by atoms with Gasteiger partial charge in [0, 0.05) is 50.1 Å². The highest BCUT2D eigenvalue weighted by Crippen LogP contribution is 2.20. The molecule has 0 aliphatic carbocycles. The predicted molar refractivity (Wildman–Crippen MR) is 82.5 cm³/mol. The molecule has 1 amide bonds. The predicted octanol–water partition coefficient (Wildman–Crippen LogP) is 1.64. The summed E-state index contributed by atoms with van der Waals surface area (Å²) in [5.74, 6) is 0.139. The van der Waals surface area contributed by atoms with E-state index in [9.17, 15) is 4.79 Å². The minimum Gasteiger partial charge on any atom is -0.346 e. The number of carbonyl (C=O) groups excluding carboxylic acids is 1. The van der Waals surface area contributed by atoms with E-state index in [0.29, 0.717) is 0 Å². The lowest BCUT2D eigenvalue weighted by atomic mass is 10.2. The number of rotatable bonds is 3. The van der Waals surface area contributed by atoms with Gasteiger partial charge in [-0.05, 0) is 19.4 Å². The minimum absolute atomic E-state index is 0.139. The van der Waals surface area contributed by atoms with Crippen molar-refractivity contribution in [3.63, 3.8) is 0 Å². The molecule has 1 unspecified atom stereocenters. The molecule has 3 rings (SSSR count). The van der Waals surface area contributed by atoms with Gasteiger partial charge in [0.05, 0.1) is 0 Å². The highest BCUT2D eigenvalue weighted by atomic mass is 32.1. The molecule has 0 bridgehead atoms. The Hall–Kier alpha value is -1.89. The molecule has 112 valence electrons. The second-order valence-corrected chi connectivity index (χ2v) is 6.02. The maximum Gasteiger partial charge on any atom is 0.247 e. The number of nitrogens with zero attached hydrogens (tertiary/aromatic N) is 5. The summed E-state index contributed by atoms with van der Waals surface area (Å²) in [4.78, 5) is 21.1. The summed E-state index contributed by atoms with van der Waals surface area (Å²) in [7, 11) is 0. The standard InChI is InChI=1S/C14H19N5OS/c1-12(19-8-2-4-16-19)13(20)17-6-3-7-18(10-9-17)14-15-5-11-21-14/h2,4-5,8,11-12H,3,6-7,9-10H2,1H3. The van der Waals surface area contributed by atoms with Crippen LogP contribution in [-0.2, 0) is 4.79 Å². The average Bonchev–Trinajstić information content (AvgIpc) is 3.16. The van der Waals surface area contributed by atoms with Crippen molar-refractivity contribution in [3.8, 4) is 0 Å². The van der Waals surface area contributed by atoms with Crippen molar-refractivity contribution >= 4 is 22.4 Å². The van der Waals surface area contributed by atoms with Gasteiger partial charge in [-0.25, -0.2) is 4.98 Å². The van der Waals surface area contributed by atoms with E-state index in [1.54, 1.807) is 22.2 Å². The Morgan fingerprint density at radius 1 is 1.29 bits per heavy atom. The SMILES string of the molecule is CC(C(=O)N1CCCN(c2nccs2)CC1)n1cccn1. The maximum absolute atomic E-state index is 12.6. The van der Waals surface area contributed by atoms with Crippen LogP contribution in [0.3, 0.4) is 0 Å². The van der Waals surface area contributed by atoms with Gasteiger partial charge in [0.2, 0.25) is 5.91 Å². The van der Waals surface area contributed by atoms with E-state index in [1.165, 1.54) is 0 Å². The molecule has 1 atom stereocenters. The van der Waals surface area contributed by atoms with Crippen LogP contribution < -0.4 is 4.90 Å². The summed E-state index contributed by atoms with van der Waals surface area (Å²) in [5.41, 5.74) is 0. The number of aromatic nitrogens is 3. The van der Waals surface area contributed by atoms with Crippen molar-refractivity contribution in [2.24, 2.45) is 0 Å². The lowest BCUT2D eigenvalue weighted by Gasteiger charge is -2.24. The Morgan fingerprint density at radius 2 is 2.19 bits per heavy atom. The highest BCUT2D eigenvalue weighted by molar-refractivity contribution is 7.13. The number of hydrogen-bond donors (Lipinski definition) is 0. The van der Waals surface area contributed by atoms with E-state index < -0.39 is 0 Å². The molecule has 1 saturated heterocycles. The van der Waals surface area contributed by atoms with Gasteiger partial charge in [-0.15, -0.1) is 11.3 Å². The second kappa shape index (κ2) is 6.26. The molecule has 0 spiro atoms. The first kappa shape index (κ1) is 14.1. The summed E-state index contributed by atoms with van der Waals surface area (Å²) in [6.45, 7) is 5.23. The lowest BCUT2D eigenvalue weighted by molar-refractivity contribution is -0.134. The Kier molecular flexibility index (Phi) is 4.19. The first-order valence-corrected chi connectivity index (χ1v) is 8.06. The Labute approximate surface area is 128 Å². The lowest BCUT2D eigenvalue weighted by Crippen LogP contribution is -2.39. The van der Waals surface area contributed by atoms with Gasteiger partial charge in [-0.3, -0.25) is 9.48 Å². The first-order chi connectivity index (χ1) is 10.3. The average molecular weight is 305 g/mol. The van der Waals surface area contributed by atoms with Crippen LogP contribution in [0.1, 0.15) is 19.4 Å². The fourth-order valence-corrected chi connectivity index (χ4v) is 3.29. The van der Waals surface area contributed by atoms with Gasteiger partial charge in [-0.1, -0.05) is 0 Å². The molecule has 0 aromatic carbocycles. The summed E-state index contributed by atoms with van der Waals surface area (Å²) in [5, 5.41) is 7.20. The third-order valence-corrected chi connectivity index (χ3v) is 4.61. The largest absolute Gasteiger partial charge is 0.346 e. The van der Waals surface area contributed by atoms with Crippen LogP contribution in [0.5, 0.6) is 0 Å². The van der Waals surface area contributed by atoms with E-state index in [1.807, 2.05) is 35.7 Å². The van der Waals surface area contributed by atoms with Gasteiger partial charge in [0.25, 0.3) is 0 Å². The molecular formula is C14H19N5OS. The monoisotopic (exact) mass is 305 g/mol. The van der Waals surface area contributed by atoms with Gasteiger partial charge in [0.1, 0.15) is 6.04 Å². The van der Waals surface area contributed by atoms with E-state index in [2.05, 4.69) is 15.0 Å². The minimum atomic E-state index is -0.244. The fraction of sp³-hybridized carbons (Fsp3) is 0.500. The van der Waals surface area contributed by atoms with Crippen molar-refractivity contribution in [1.82, 2.24) is 19.7 Å². The molecule has 21 heavy (non-hydrogen) atoms. The fourth-order valence-electron chi connectivity index (χ4n) is 2.59. The van der Waals surface area contributed by atoms with Crippen LogP contribution in [0, 0.1) is 0 Å². The Bertz CT molecular complexity index is 568. The number of amides is 1. The van der Waals surface area contributed by atoms with Gasteiger partial charge in [0.15, 0.2) is 5.13 Å². The third kappa shape index (κ3) is 3.07. The van der Waals surface area contributed by atoms with Crippen molar-refractivity contribution in [2.45, 2.75) is 19.4 Å². The Morgan fingerprint density at radius 3 is 2.90 bits per heavy atom. The highest BCUT2D eigenvalue weighted by Gasteiger charge is 2.25. The molecule has 0 N–H and O–H groups in total. The van der Waals surface area contributed by atoms with E-state index in [-0.39, 0.29) is 11.9 Å². The summed E-state index contributed by atoms with van der Waals surface area (Å²) in [6, 6.07) is 1.60. The Balaban J connectivity index is 1.63. The molecule has 2 aromatic heterocycles. The van der Waals surface area contributed by atoms with Gasteiger partial charge >= 0.3 is 0 Å². The number of hydrogen-bond acceptors (Lipinski definition) is 5. The van der Waals surface area contributed by atoms with Crippen molar-refractivity contribution in [3.05, 3.63) is 30.0 Å². The molecule has 0 saturated carbocycles. The molecule has 1 fully saturated rings. The quantitative estimate of drug-likeness (QED) is 0.865. The van der Waals surface area contributed by atoms with Gasteiger partial charge in [-0.2, -0.15) is 5.10 Å². The zero-order chi connectivity index (χ0) is 14.7. The maximum atomic E-state index is 12.6. The van der Waals surface area contributed by atoms with Crippen LogP contribution in [-0.4, -0.2) is 51.8 Å². The molecular weight excluding hydrogens is 286 g/mol. The zero-order valence-electron chi connectivity index (χ0n) is 12.1. The second-order valence-electron chi connectivity index (χ2n) is 5.14. The van der Waals surface area contributed by atoms with E-state index in [4.69, 9.17) is 0 Å². The molecule has 0 radical (unpaired) electrons. The van der Waals surface area contributed by atoms with E-state index in [0.717, 1.165) is 37.7 Å². The van der Waals surface area contributed by atoms with E-state index >= 15 is 0 Å². The van der Waals surface area contributed by atoms with Crippen LogP contribution >= 0.6 is 11.3 Å². The molecule has 2 aromatic rings. The summed E-state index contributed by atoms with van der Waals surface area (Å²) in [6.07, 6.45) is 6.34. The first-order valence-electron chi connectivity index (χ1n) is 7.18. The molecule has 3 heterocycles.